The zero-order valence-corrected chi connectivity index (χ0v) is 14.8. The van der Waals surface area contributed by atoms with E-state index in [1.165, 1.54) is 5.52 Å². The number of benzene rings is 2. The number of imidazole rings is 1. The Bertz CT molecular complexity index is 950. The molecule has 1 aromatic heterocycles. The van der Waals surface area contributed by atoms with E-state index in [9.17, 15) is 4.79 Å². The van der Waals surface area contributed by atoms with Crippen molar-refractivity contribution >= 4 is 39.9 Å². The molecule has 25 heavy (non-hydrogen) atoms. The maximum absolute atomic E-state index is 11.6. The van der Waals surface area contributed by atoms with Crippen molar-refractivity contribution in [2.45, 2.75) is 26.4 Å². The monoisotopic (exact) mass is 354 g/mol. The molecule has 0 fully saturated rings. The van der Waals surface area contributed by atoms with E-state index in [0.717, 1.165) is 36.7 Å². The topological polar surface area (TPSA) is 50.2 Å². The number of fused-ring (bicyclic) bond motifs is 3. The largest absolute Gasteiger partial charge is 0.362 e. The third-order valence-electron chi connectivity index (χ3n) is 4.57. The molecule has 128 valence electrons. The third kappa shape index (κ3) is 2.96. The summed E-state index contributed by atoms with van der Waals surface area (Å²) in [5.74, 6) is 1.02. The van der Waals surface area contributed by atoms with Crippen LogP contribution in [0.4, 0.5) is 11.4 Å². The number of carbonyl (C=O) groups is 1. The van der Waals surface area contributed by atoms with E-state index in [0.29, 0.717) is 17.1 Å². The fraction of sp³-hybridized carbons (Fsp3) is 0.263. The Morgan fingerprint density at radius 1 is 1.24 bits per heavy atom. The van der Waals surface area contributed by atoms with Gasteiger partial charge in [0.05, 0.1) is 28.3 Å². The molecule has 1 amide bonds. The van der Waals surface area contributed by atoms with Crippen LogP contribution in [0.25, 0.3) is 11.0 Å². The average Bonchev–Trinajstić information content (AvgIpc) is 3.01. The van der Waals surface area contributed by atoms with Gasteiger partial charge < -0.3 is 14.8 Å². The van der Waals surface area contributed by atoms with Crippen molar-refractivity contribution in [1.82, 2.24) is 9.55 Å². The van der Waals surface area contributed by atoms with Crippen LogP contribution in [0.5, 0.6) is 0 Å². The van der Waals surface area contributed by atoms with E-state index in [-0.39, 0.29) is 5.91 Å². The molecule has 4 rings (SSSR count). The molecule has 6 heteroatoms. The van der Waals surface area contributed by atoms with Gasteiger partial charge in [-0.05, 0) is 30.3 Å². The van der Waals surface area contributed by atoms with Crippen LogP contribution in [0.2, 0.25) is 5.02 Å². The van der Waals surface area contributed by atoms with Gasteiger partial charge in [0.15, 0.2) is 0 Å². The Morgan fingerprint density at radius 2 is 2.08 bits per heavy atom. The number of halogens is 1. The fourth-order valence-corrected chi connectivity index (χ4v) is 3.45. The number of para-hydroxylation sites is 2. The second-order valence-electron chi connectivity index (χ2n) is 6.16. The van der Waals surface area contributed by atoms with Crippen molar-refractivity contribution in [3.8, 4) is 0 Å². The van der Waals surface area contributed by atoms with Crippen molar-refractivity contribution in [2.24, 2.45) is 0 Å². The van der Waals surface area contributed by atoms with Crippen LogP contribution in [-0.2, 0) is 17.9 Å². The zero-order chi connectivity index (χ0) is 17.4. The number of amides is 1. The summed E-state index contributed by atoms with van der Waals surface area (Å²) in [5.41, 5.74) is 3.92. The normalized spacial score (nSPS) is 13.8. The van der Waals surface area contributed by atoms with Gasteiger partial charge in [0, 0.05) is 25.2 Å². The Kier molecular flexibility index (Phi) is 4.09. The standard InChI is InChI=1S/C19H19ClN4O/c1-2-19(25)22-15-8-7-13(11-14(15)20)23-9-10-24-17-6-4-3-5-16(17)21-18(24)12-23/h3-8,11H,2,9-10,12H2,1H3,(H,22,25). The molecule has 2 aromatic carbocycles. The summed E-state index contributed by atoms with van der Waals surface area (Å²) in [7, 11) is 0. The number of nitrogens with zero attached hydrogens (tertiary/aromatic N) is 3. The van der Waals surface area contributed by atoms with E-state index < -0.39 is 0 Å². The first kappa shape index (κ1) is 16.0. The molecule has 0 saturated heterocycles. The van der Waals surface area contributed by atoms with Gasteiger partial charge in [-0.25, -0.2) is 4.98 Å². The first-order chi connectivity index (χ1) is 12.2. The predicted octanol–water partition coefficient (Wildman–Crippen LogP) is 4.06. The molecule has 2 heterocycles. The highest BCUT2D eigenvalue weighted by Crippen LogP contribution is 2.30. The van der Waals surface area contributed by atoms with Crippen molar-refractivity contribution < 1.29 is 4.79 Å². The molecule has 0 bridgehead atoms. The summed E-state index contributed by atoms with van der Waals surface area (Å²) >= 11 is 6.35. The van der Waals surface area contributed by atoms with Crippen LogP contribution < -0.4 is 10.2 Å². The second kappa shape index (κ2) is 6.41. The summed E-state index contributed by atoms with van der Waals surface area (Å²) in [5, 5.41) is 3.37. The van der Waals surface area contributed by atoms with Crippen LogP contribution >= 0.6 is 11.6 Å². The summed E-state index contributed by atoms with van der Waals surface area (Å²) in [6.07, 6.45) is 0.431. The fourth-order valence-electron chi connectivity index (χ4n) is 3.23. The van der Waals surface area contributed by atoms with Crippen LogP contribution in [0.1, 0.15) is 19.2 Å². The minimum atomic E-state index is -0.0404. The Labute approximate surface area is 151 Å². The van der Waals surface area contributed by atoms with E-state index in [1.807, 2.05) is 43.3 Å². The molecule has 0 atom stereocenters. The van der Waals surface area contributed by atoms with Gasteiger partial charge in [0.25, 0.3) is 0 Å². The number of aromatic nitrogens is 2. The summed E-state index contributed by atoms with van der Waals surface area (Å²) in [6.45, 7) is 4.34. The quantitative estimate of drug-likeness (QED) is 0.771. The molecule has 0 radical (unpaired) electrons. The molecular weight excluding hydrogens is 336 g/mol. The van der Waals surface area contributed by atoms with E-state index in [4.69, 9.17) is 16.6 Å². The highest BCUT2D eigenvalue weighted by molar-refractivity contribution is 6.34. The van der Waals surface area contributed by atoms with Gasteiger partial charge in [0.2, 0.25) is 5.91 Å². The Balaban J connectivity index is 1.59. The lowest BCUT2D eigenvalue weighted by Gasteiger charge is -2.30. The SMILES string of the molecule is CCC(=O)Nc1ccc(N2CCn3c(nc4ccccc43)C2)cc1Cl. The van der Waals surface area contributed by atoms with Gasteiger partial charge in [-0.1, -0.05) is 30.7 Å². The molecule has 3 aromatic rings. The van der Waals surface area contributed by atoms with Crippen LogP contribution in [-0.4, -0.2) is 22.0 Å². The molecule has 0 unspecified atom stereocenters. The molecule has 0 saturated carbocycles. The maximum atomic E-state index is 11.6. The van der Waals surface area contributed by atoms with Gasteiger partial charge in [0.1, 0.15) is 5.82 Å². The highest BCUT2D eigenvalue weighted by Gasteiger charge is 2.20. The molecule has 1 aliphatic rings. The van der Waals surface area contributed by atoms with Gasteiger partial charge in [-0.2, -0.15) is 0 Å². The van der Waals surface area contributed by atoms with Crippen molar-refractivity contribution in [1.29, 1.82) is 0 Å². The average molecular weight is 355 g/mol. The number of hydrogen-bond donors (Lipinski definition) is 1. The van der Waals surface area contributed by atoms with Crippen molar-refractivity contribution in [3.05, 3.63) is 53.3 Å². The van der Waals surface area contributed by atoms with Crippen LogP contribution in [0, 0.1) is 0 Å². The van der Waals surface area contributed by atoms with E-state index >= 15 is 0 Å². The lowest BCUT2D eigenvalue weighted by Crippen LogP contribution is -2.33. The Hall–Kier alpha value is -2.53. The minimum absolute atomic E-state index is 0.0404. The van der Waals surface area contributed by atoms with E-state index in [2.05, 4.69) is 20.9 Å². The van der Waals surface area contributed by atoms with Crippen LogP contribution in [0.3, 0.4) is 0 Å². The van der Waals surface area contributed by atoms with Crippen molar-refractivity contribution in [2.75, 3.05) is 16.8 Å². The van der Waals surface area contributed by atoms with Gasteiger partial charge in [-0.15, -0.1) is 0 Å². The lowest BCUT2D eigenvalue weighted by atomic mass is 10.2. The molecular formula is C19H19ClN4O. The third-order valence-corrected chi connectivity index (χ3v) is 4.89. The van der Waals surface area contributed by atoms with Gasteiger partial charge in [-0.3, -0.25) is 4.79 Å². The smallest absolute Gasteiger partial charge is 0.224 e. The zero-order valence-electron chi connectivity index (χ0n) is 14.0. The minimum Gasteiger partial charge on any atom is -0.362 e. The molecule has 0 aliphatic carbocycles. The number of carbonyl (C=O) groups excluding carboxylic acids is 1. The molecule has 5 nitrogen and oxygen atoms in total. The second-order valence-corrected chi connectivity index (χ2v) is 6.56. The lowest BCUT2D eigenvalue weighted by molar-refractivity contribution is -0.115. The Morgan fingerprint density at radius 3 is 2.88 bits per heavy atom. The molecule has 1 aliphatic heterocycles. The predicted molar refractivity (Wildman–Crippen MR) is 101 cm³/mol. The maximum Gasteiger partial charge on any atom is 0.224 e. The summed E-state index contributed by atoms with van der Waals surface area (Å²) in [6, 6.07) is 14.0. The highest BCUT2D eigenvalue weighted by atomic mass is 35.5. The number of hydrogen-bond acceptors (Lipinski definition) is 3. The van der Waals surface area contributed by atoms with E-state index in [1.54, 1.807) is 0 Å². The number of rotatable bonds is 3. The summed E-state index contributed by atoms with van der Waals surface area (Å²) < 4.78 is 2.28. The summed E-state index contributed by atoms with van der Waals surface area (Å²) in [4.78, 5) is 18.6. The van der Waals surface area contributed by atoms with Crippen molar-refractivity contribution in [3.63, 3.8) is 0 Å². The molecule has 0 spiro atoms. The van der Waals surface area contributed by atoms with Crippen LogP contribution in [0.15, 0.2) is 42.5 Å². The van der Waals surface area contributed by atoms with Gasteiger partial charge >= 0.3 is 0 Å². The first-order valence-electron chi connectivity index (χ1n) is 8.44. The number of nitrogens with one attached hydrogen (secondary N) is 1. The number of anilines is 2. The first-order valence-corrected chi connectivity index (χ1v) is 8.82. The molecule has 1 N–H and O–H groups in total.